The number of cyclic esters (lactones) is 1. The van der Waals surface area contributed by atoms with E-state index in [2.05, 4.69) is 0 Å². The molecule has 0 atom stereocenters. The van der Waals surface area contributed by atoms with E-state index in [1.165, 1.54) is 5.57 Å². The van der Waals surface area contributed by atoms with Gasteiger partial charge in [-0.25, -0.2) is 4.79 Å². The molecule has 3 aliphatic carbocycles. The summed E-state index contributed by atoms with van der Waals surface area (Å²) in [5, 5.41) is 0. The molecule has 3 nitrogen and oxygen atoms in total. The first-order valence-electron chi connectivity index (χ1n) is 5.67. The Morgan fingerprint density at radius 2 is 1.60 bits per heavy atom. The lowest BCUT2D eigenvalue weighted by atomic mass is 9.60. The van der Waals surface area contributed by atoms with Gasteiger partial charge in [-0.3, -0.25) is 4.79 Å². The highest BCUT2D eigenvalue weighted by molar-refractivity contribution is 6.12. The smallest absolute Gasteiger partial charge is 0.334 e. The van der Waals surface area contributed by atoms with E-state index in [1.54, 1.807) is 0 Å². The number of ether oxygens (including phenoxy) is 1. The summed E-state index contributed by atoms with van der Waals surface area (Å²) < 4.78 is 4.99. The third-order valence-electron chi connectivity index (χ3n) is 4.46. The van der Waals surface area contributed by atoms with Crippen LogP contribution in [0.4, 0.5) is 0 Å². The number of ketones is 1. The van der Waals surface area contributed by atoms with Crippen LogP contribution in [0.3, 0.4) is 0 Å². The number of carbonyl (C=O) groups excluding carboxylic acids is 2. The Morgan fingerprint density at radius 1 is 1.00 bits per heavy atom. The zero-order chi connectivity index (χ0) is 10.3. The fourth-order valence-corrected chi connectivity index (χ4v) is 3.52. The molecule has 0 N–H and O–H groups in total. The third kappa shape index (κ3) is 0.694. The van der Waals surface area contributed by atoms with Crippen molar-refractivity contribution in [3.05, 3.63) is 11.1 Å². The van der Waals surface area contributed by atoms with Gasteiger partial charge in [0.1, 0.15) is 0 Å². The normalized spacial score (nSPS) is 33.3. The van der Waals surface area contributed by atoms with E-state index < -0.39 is 0 Å². The van der Waals surface area contributed by atoms with Crippen LogP contribution < -0.4 is 0 Å². The van der Waals surface area contributed by atoms with Crippen molar-refractivity contribution in [1.29, 1.82) is 0 Å². The average molecular weight is 204 g/mol. The van der Waals surface area contributed by atoms with Crippen molar-refractivity contribution in [3.8, 4) is 0 Å². The average Bonchev–Trinajstić information content (AvgIpc) is 3.11. The lowest BCUT2D eigenvalue weighted by molar-refractivity contribution is -0.136. The van der Waals surface area contributed by atoms with Crippen molar-refractivity contribution in [1.82, 2.24) is 0 Å². The summed E-state index contributed by atoms with van der Waals surface area (Å²) in [5.74, 6) is 0.271. The molecule has 0 aromatic rings. The first-order chi connectivity index (χ1) is 7.21. The molecule has 78 valence electrons. The molecule has 3 heteroatoms. The molecule has 0 bridgehead atoms. The van der Waals surface area contributed by atoms with Crippen molar-refractivity contribution < 1.29 is 14.3 Å². The lowest BCUT2D eigenvalue weighted by Gasteiger charge is -2.39. The lowest BCUT2D eigenvalue weighted by Crippen LogP contribution is -2.45. The first-order valence-corrected chi connectivity index (χ1v) is 5.67. The molecule has 4 rings (SSSR count). The maximum atomic E-state index is 12.0. The number of rotatable bonds is 0. The molecule has 0 aromatic heterocycles. The van der Waals surface area contributed by atoms with Crippen molar-refractivity contribution in [2.45, 2.75) is 32.1 Å². The third-order valence-corrected chi connectivity index (χ3v) is 4.46. The van der Waals surface area contributed by atoms with Crippen molar-refractivity contribution in [3.63, 3.8) is 0 Å². The summed E-state index contributed by atoms with van der Waals surface area (Å²) in [7, 11) is 0. The predicted molar refractivity (Wildman–Crippen MR) is 50.9 cm³/mol. The Hall–Kier alpha value is -1.12. The highest BCUT2D eigenvalue weighted by Crippen LogP contribution is 2.78. The fourth-order valence-electron chi connectivity index (χ4n) is 3.52. The number of hydrogen-bond donors (Lipinski definition) is 0. The van der Waals surface area contributed by atoms with Crippen molar-refractivity contribution >= 4 is 11.8 Å². The Bertz CT molecular complexity index is 412. The van der Waals surface area contributed by atoms with Crippen LogP contribution in [0, 0.1) is 10.8 Å². The molecule has 0 aromatic carbocycles. The maximum absolute atomic E-state index is 12.0. The zero-order valence-corrected chi connectivity index (χ0v) is 8.47. The highest BCUT2D eigenvalue weighted by Gasteiger charge is 2.78. The van der Waals surface area contributed by atoms with E-state index in [0.29, 0.717) is 12.4 Å². The van der Waals surface area contributed by atoms with Gasteiger partial charge in [0.05, 0.1) is 17.4 Å². The Labute approximate surface area is 87.5 Å². The van der Waals surface area contributed by atoms with Crippen LogP contribution in [0.1, 0.15) is 32.1 Å². The van der Waals surface area contributed by atoms with Gasteiger partial charge in [0, 0.05) is 12.0 Å². The molecule has 4 fully saturated rings. The zero-order valence-electron chi connectivity index (χ0n) is 8.47. The number of Topliss-reactive ketones (excluding diaryl/α,β-unsaturated/α-hetero) is 1. The van der Waals surface area contributed by atoms with E-state index >= 15 is 0 Å². The highest BCUT2D eigenvalue weighted by atomic mass is 16.5. The van der Waals surface area contributed by atoms with E-state index in [9.17, 15) is 9.59 Å². The number of esters is 1. The van der Waals surface area contributed by atoms with Crippen LogP contribution >= 0.6 is 0 Å². The van der Waals surface area contributed by atoms with Crippen molar-refractivity contribution in [2.75, 3.05) is 6.61 Å². The van der Waals surface area contributed by atoms with Crippen LogP contribution in [0.2, 0.25) is 0 Å². The monoisotopic (exact) mass is 204 g/mol. The predicted octanol–water partition coefficient (Wildman–Crippen LogP) is 1.37. The second-order valence-corrected chi connectivity index (χ2v) is 5.23. The topological polar surface area (TPSA) is 43.4 Å². The standard InChI is InChI=1S/C12H12O3/c13-9-7(1-6-15-9)8-11(2-3-11)10(14)12(8)4-5-12/h1-6H2. The summed E-state index contributed by atoms with van der Waals surface area (Å²) in [6, 6.07) is 0. The minimum absolute atomic E-state index is 0.157. The van der Waals surface area contributed by atoms with Crippen LogP contribution in [0.25, 0.3) is 0 Å². The van der Waals surface area contributed by atoms with Crippen LogP contribution in [0.5, 0.6) is 0 Å². The molecule has 1 heterocycles. The van der Waals surface area contributed by atoms with Gasteiger partial charge in [-0.15, -0.1) is 0 Å². The number of allylic oxidation sites excluding steroid dienone is 1. The second-order valence-electron chi connectivity index (χ2n) is 5.23. The quantitative estimate of drug-likeness (QED) is 0.442. The van der Waals surface area contributed by atoms with Gasteiger partial charge < -0.3 is 4.74 Å². The summed E-state index contributed by atoms with van der Waals surface area (Å²) in [6.07, 6.45) is 4.61. The SMILES string of the molecule is O=C1OCCC1=C1C2(CC2)C(=O)C12CC2. The molecular weight excluding hydrogens is 192 g/mol. The van der Waals surface area contributed by atoms with Gasteiger partial charge in [0.25, 0.3) is 0 Å². The summed E-state index contributed by atoms with van der Waals surface area (Å²) in [4.78, 5) is 23.6. The van der Waals surface area contributed by atoms with Gasteiger partial charge >= 0.3 is 5.97 Å². The fraction of sp³-hybridized carbons (Fsp3) is 0.667. The van der Waals surface area contributed by atoms with Gasteiger partial charge in [-0.2, -0.15) is 0 Å². The Balaban J connectivity index is 1.89. The van der Waals surface area contributed by atoms with Gasteiger partial charge in [-0.05, 0) is 31.3 Å². The minimum Gasteiger partial charge on any atom is -0.462 e. The summed E-state index contributed by atoms with van der Waals surface area (Å²) in [6.45, 7) is 0.512. The molecule has 15 heavy (non-hydrogen) atoms. The van der Waals surface area contributed by atoms with E-state index in [-0.39, 0.29) is 16.8 Å². The number of hydrogen-bond acceptors (Lipinski definition) is 3. The first kappa shape index (κ1) is 8.08. The molecule has 0 amide bonds. The molecule has 0 unspecified atom stereocenters. The molecule has 4 aliphatic rings. The van der Waals surface area contributed by atoms with Gasteiger partial charge in [-0.1, -0.05) is 0 Å². The maximum Gasteiger partial charge on any atom is 0.334 e. The molecule has 1 saturated heterocycles. The van der Waals surface area contributed by atoms with Crippen molar-refractivity contribution in [2.24, 2.45) is 10.8 Å². The van der Waals surface area contributed by atoms with Crippen LogP contribution in [-0.2, 0) is 14.3 Å². The molecule has 2 spiro atoms. The minimum atomic E-state index is -0.171. The Kier molecular flexibility index (Phi) is 1.10. The van der Waals surface area contributed by atoms with E-state index in [1.807, 2.05) is 0 Å². The Morgan fingerprint density at radius 3 is 2.00 bits per heavy atom. The molecular formula is C12H12O3. The molecule has 0 radical (unpaired) electrons. The van der Waals surface area contributed by atoms with E-state index in [4.69, 9.17) is 4.74 Å². The second kappa shape index (κ2) is 2.04. The number of carbonyl (C=O) groups is 2. The molecule has 3 saturated carbocycles. The van der Waals surface area contributed by atoms with Crippen LogP contribution in [-0.4, -0.2) is 18.4 Å². The molecule has 1 aliphatic heterocycles. The van der Waals surface area contributed by atoms with Crippen LogP contribution in [0.15, 0.2) is 11.1 Å². The summed E-state index contributed by atoms with van der Waals surface area (Å²) >= 11 is 0. The summed E-state index contributed by atoms with van der Waals surface area (Å²) in [5.41, 5.74) is 1.71. The van der Waals surface area contributed by atoms with Gasteiger partial charge in [0.15, 0.2) is 5.78 Å². The van der Waals surface area contributed by atoms with E-state index in [0.717, 1.165) is 37.7 Å². The largest absolute Gasteiger partial charge is 0.462 e. The van der Waals surface area contributed by atoms with Gasteiger partial charge in [0.2, 0.25) is 0 Å².